The van der Waals surface area contributed by atoms with Crippen molar-refractivity contribution in [3.63, 3.8) is 0 Å². The molecule has 0 aromatic carbocycles. The van der Waals surface area contributed by atoms with E-state index in [1.165, 1.54) is 14.2 Å². The predicted octanol–water partition coefficient (Wildman–Crippen LogP) is 1.84. The lowest BCUT2D eigenvalue weighted by molar-refractivity contribution is -0.173. The van der Waals surface area contributed by atoms with Crippen LogP contribution in [0.25, 0.3) is 0 Å². The summed E-state index contributed by atoms with van der Waals surface area (Å²) < 4.78 is 45.2. The minimum absolute atomic E-state index is 0.0307. The van der Waals surface area contributed by atoms with Gasteiger partial charge in [0.15, 0.2) is 6.29 Å². The second kappa shape index (κ2) is 8.30. The Morgan fingerprint density at radius 3 is 2.24 bits per heavy atom. The molecule has 1 N–H and O–H groups in total. The molecule has 7 heteroatoms. The van der Waals surface area contributed by atoms with Gasteiger partial charge in [0.2, 0.25) is 0 Å². The Kier molecular flexibility index (Phi) is 7.90. The quantitative estimate of drug-likeness (QED) is 0.533. The standard InChI is InChI=1S/C10H18F3NO3/c1-16-8(17-2)6-4-3-5-7-14-9(15)10(11,12)13/h8H,3-7H2,1-2H3,(H,14,15). The van der Waals surface area contributed by atoms with Crippen LogP contribution in [0.2, 0.25) is 0 Å². The SMILES string of the molecule is COC(CCCCCNC(=O)C(F)(F)F)OC. The van der Waals surface area contributed by atoms with E-state index in [2.05, 4.69) is 0 Å². The van der Waals surface area contributed by atoms with Crippen molar-refractivity contribution in [3.05, 3.63) is 0 Å². The van der Waals surface area contributed by atoms with Crippen LogP contribution in [0.4, 0.5) is 13.2 Å². The lowest BCUT2D eigenvalue weighted by atomic mass is 10.2. The van der Waals surface area contributed by atoms with E-state index in [-0.39, 0.29) is 12.8 Å². The third-order valence-corrected chi connectivity index (χ3v) is 2.19. The molecule has 102 valence electrons. The fourth-order valence-electron chi connectivity index (χ4n) is 1.25. The van der Waals surface area contributed by atoms with Crippen LogP contribution in [-0.4, -0.2) is 39.1 Å². The summed E-state index contributed by atoms with van der Waals surface area (Å²) in [5, 5.41) is 1.81. The normalized spacial score (nSPS) is 11.9. The molecule has 0 saturated heterocycles. The first-order valence-electron chi connectivity index (χ1n) is 5.32. The van der Waals surface area contributed by atoms with E-state index >= 15 is 0 Å². The first kappa shape index (κ1) is 16.2. The van der Waals surface area contributed by atoms with Crippen molar-refractivity contribution in [1.82, 2.24) is 5.32 Å². The molecular weight excluding hydrogens is 239 g/mol. The predicted molar refractivity (Wildman–Crippen MR) is 55.3 cm³/mol. The van der Waals surface area contributed by atoms with Gasteiger partial charge in [-0.25, -0.2) is 0 Å². The van der Waals surface area contributed by atoms with E-state index in [1.54, 1.807) is 0 Å². The Balaban J connectivity index is 3.44. The number of methoxy groups -OCH3 is 2. The van der Waals surface area contributed by atoms with Crippen LogP contribution < -0.4 is 5.32 Å². The number of ether oxygens (including phenoxy) is 2. The van der Waals surface area contributed by atoms with Gasteiger partial charge in [-0.3, -0.25) is 4.79 Å². The number of rotatable bonds is 8. The maximum Gasteiger partial charge on any atom is 0.471 e. The van der Waals surface area contributed by atoms with E-state index in [0.717, 1.165) is 6.42 Å². The van der Waals surface area contributed by atoms with Crippen molar-refractivity contribution < 1.29 is 27.4 Å². The van der Waals surface area contributed by atoms with Gasteiger partial charge in [0, 0.05) is 20.8 Å². The molecule has 0 rings (SSSR count). The van der Waals surface area contributed by atoms with Crippen molar-refractivity contribution in [1.29, 1.82) is 0 Å². The van der Waals surface area contributed by atoms with Crippen molar-refractivity contribution in [2.45, 2.75) is 38.1 Å². The van der Waals surface area contributed by atoms with Crippen molar-refractivity contribution >= 4 is 5.91 Å². The molecule has 0 radical (unpaired) electrons. The summed E-state index contributed by atoms with van der Waals surface area (Å²) >= 11 is 0. The van der Waals surface area contributed by atoms with E-state index in [0.29, 0.717) is 19.3 Å². The number of nitrogens with one attached hydrogen (secondary N) is 1. The highest BCUT2D eigenvalue weighted by Crippen LogP contribution is 2.14. The highest BCUT2D eigenvalue weighted by atomic mass is 19.4. The van der Waals surface area contributed by atoms with E-state index in [1.807, 2.05) is 5.32 Å². The first-order valence-corrected chi connectivity index (χ1v) is 5.32. The molecule has 0 aromatic heterocycles. The summed E-state index contributed by atoms with van der Waals surface area (Å²) in [4.78, 5) is 10.4. The zero-order chi connectivity index (χ0) is 13.3. The van der Waals surface area contributed by atoms with Crippen LogP contribution in [0.1, 0.15) is 25.7 Å². The second-order valence-corrected chi connectivity index (χ2v) is 3.50. The van der Waals surface area contributed by atoms with Crippen molar-refractivity contribution in [2.75, 3.05) is 20.8 Å². The number of halogens is 3. The number of hydrogen-bond donors (Lipinski definition) is 1. The molecule has 17 heavy (non-hydrogen) atoms. The molecule has 0 aromatic rings. The molecule has 0 heterocycles. The third kappa shape index (κ3) is 7.98. The molecule has 0 aliphatic rings. The fraction of sp³-hybridized carbons (Fsp3) is 0.900. The maximum absolute atomic E-state index is 11.8. The number of unbranched alkanes of at least 4 members (excludes halogenated alkanes) is 2. The molecule has 1 amide bonds. The van der Waals surface area contributed by atoms with Crippen LogP contribution in [0.5, 0.6) is 0 Å². The lowest BCUT2D eigenvalue weighted by Crippen LogP contribution is -2.37. The van der Waals surface area contributed by atoms with Gasteiger partial charge in [0.1, 0.15) is 0 Å². The minimum atomic E-state index is -4.79. The van der Waals surface area contributed by atoms with E-state index in [9.17, 15) is 18.0 Å². The Hall–Kier alpha value is -0.820. The highest BCUT2D eigenvalue weighted by molar-refractivity contribution is 5.81. The van der Waals surface area contributed by atoms with Gasteiger partial charge in [-0.15, -0.1) is 0 Å². The molecular formula is C10H18F3NO3. The highest BCUT2D eigenvalue weighted by Gasteiger charge is 2.38. The zero-order valence-electron chi connectivity index (χ0n) is 9.97. The number of hydrogen-bond acceptors (Lipinski definition) is 3. The summed E-state index contributed by atoms with van der Waals surface area (Å²) in [7, 11) is 3.05. The molecule has 0 atom stereocenters. The molecule has 0 aliphatic heterocycles. The largest absolute Gasteiger partial charge is 0.471 e. The second-order valence-electron chi connectivity index (χ2n) is 3.50. The molecule has 0 unspecified atom stereocenters. The number of carbonyl (C=O) groups is 1. The van der Waals surface area contributed by atoms with Gasteiger partial charge < -0.3 is 14.8 Å². The van der Waals surface area contributed by atoms with Gasteiger partial charge in [0.25, 0.3) is 0 Å². The molecule has 0 fully saturated rings. The van der Waals surface area contributed by atoms with Gasteiger partial charge in [0.05, 0.1) is 0 Å². The van der Waals surface area contributed by atoms with Gasteiger partial charge >= 0.3 is 12.1 Å². The minimum Gasteiger partial charge on any atom is -0.356 e. The molecule has 0 saturated carbocycles. The summed E-state index contributed by atoms with van der Waals surface area (Å²) in [5.74, 6) is -1.89. The van der Waals surface area contributed by atoms with Gasteiger partial charge in [-0.2, -0.15) is 13.2 Å². The summed E-state index contributed by atoms with van der Waals surface area (Å²) in [6.07, 6.45) is -2.41. The maximum atomic E-state index is 11.8. The average Bonchev–Trinajstić information content (AvgIpc) is 2.26. The average molecular weight is 257 g/mol. The Morgan fingerprint density at radius 1 is 1.18 bits per heavy atom. The Morgan fingerprint density at radius 2 is 1.76 bits per heavy atom. The number of alkyl halides is 3. The number of carbonyl (C=O) groups excluding carboxylic acids is 1. The van der Waals surface area contributed by atoms with Gasteiger partial charge in [-0.1, -0.05) is 6.42 Å². The van der Waals surface area contributed by atoms with Crippen LogP contribution in [0, 0.1) is 0 Å². The van der Waals surface area contributed by atoms with Crippen LogP contribution in [0.3, 0.4) is 0 Å². The third-order valence-electron chi connectivity index (χ3n) is 2.19. The van der Waals surface area contributed by atoms with Crippen LogP contribution in [0.15, 0.2) is 0 Å². The molecule has 0 spiro atoms. The summed E-state index contributed by atoms with van der Waals surface area (Å²) in [6, 6.07) is 0. The fourth-order valence-corrected chi connectivity index (χ4v) is 1.25. The molecule has 0 bridgehead atoms. The van der Waals surface area contributed by atoms with Gasteiger partial charge in [-0.05, 0) is 19.3 Å². The Labute approximate surface area is 98.5 Å². The Bertz CT molecular complexity index is 217. The first-order chi connectivity index (χ1) is 7.91. The van der Waals surface area contributed by atoms with E-state index < -0.39 is 12.1 Å². The van der Waals surface area contributed by atoms with E-state index in [4.69, 9.17) is 9.47 Å². The topological polar surface area (TPSA) is 47.6 Å². The molecule has 4 nitrogen and oxygen atoms in total. The van der Waals surface area contributed by atoms with Crippen LogP contribution in [-0.2, 0) is 14.3 Å². The smallest absolute Gasteiger partial charge is 0.356 e. The summed E-state index contributed by atoms with van der Waals surface area (Å²) in [5.41, 5.74) is 0. The summed E-state index contributed by atoms with van der Waals surface area (Å²) in [6.45, 7) is 0.0307. The van der Waals surface area contributed by atoms with Crippen molar-refractivity contribution in [3.8, 4) is 0 Å². The van der Waals surface area contributed by atoms with Crippen molar-refractivity contribution in [2.24, 2.45) is 0 Å². The lowest BCUT2D eigenvalue weighted by Gasteiger charge is -2.12. The number of amides is 1. The molecule has 0 aliphatic carbocycles. The monoisotopic (exact) mass is 257 g/mol. The van der Waals surface area contributed by atoms with Crippen LogP contribution >= 0.6 is 0 Å². The zero-order valence-corrected chi connectivity index (χ0v) is 9.97.